The van der Waals surface area contributed by atoms with E-state index in [0.717, 1.165) is 11.4 Å². The SMILES string of the molecule is COC(=O)Nc1ccc(Nc2ccccc2C(C)(C)C)cc1. The first-order valence-electron chi connectivity index (χ1n) is 7.22. The summed E-state index contributed by atoms with van der Waals surface area (Å²) in [5, 5.41) is 6.06. The van der Waals surface area contributed by atoms with Crippen molar-refractivity contribution < 1.29 is 9.53 Å². The number of amides is 1. The lowest BCUT2D eigenvalue weighted by Gasteiger charge is -2.23. The summed E-state index contributed by atoms with van der Waals surface area (Å²) in [4.78, 5) is 11.2. The molecule has 0 unspecified atom stereocenters. The van der Waals surface area contributed by atoms with Crippen molar-refractivity contribution in [2.45, 2.75) is 26.2 Å². The zero-order valence-corrected chi connectivity index (χ0v) is 13.4. The van der Waals surface area contributed by atoms with Gasteiger partial charge in [0.05, 0.1) is 7.11 Å². The monoisotopic (exact) mass is 298 g/mol. The van der Waals surface area contributed by atoms with Crippen molar-refractivity contribution in [2.24, 2.45) is 0 Å². The lowest BCUT2D eigenvalue weighted by Crippen LogP contribution is -2.13. The van der Waals surface area contributed by atoms with E-state index in [1.165, 1.54) is 12.7 Å². The van der Waals surface area contributed by atoms with E-state index < -0.39 is 6.09 Å². The minimum absolute atomic E-state index is 0.0654. The Morgan fingerprint density at radius 2 is 1.55 bits per heavy atom. The average molecular weight is 298 g/mol. The first kappa shape index (κ1) is 15.9. The van der Waals surface area contributed by atoms with Crippen molar-refractivity contribution in [1.29, 1.82) is 0 Å². The quantitative estimate of drug-likeness (QED) is 0.846. The molecule has 0 radical (unpaired) electrons. The highest BCUT2D eigenvalue weighted by atomic mass is 16.5. The Morgan fingerprint density at radius 3 is 2.14 bits per heavy atom. The van der Waals surface area contributed by atoms with Crippen molar-refractivity contribution in [3.8, 4) is 0 Å². The highest BCUT2D eigenvalue weighted by molar-refractivity contribution is 5.84. The molecule has 4 nitrogen and oxygen atoms in total. The highest BCUT2D eigenvalue weighted by Gasteiger charge is 2.17. The van der Waals surface area contributed by atoms with E-state index in [9.17, 15) is 4.79 Å². The van der Waals surface area contributed by atoms with Gasteiger partial charge < -0.3 is 10.1 Å². The first-order chi connectivity index (χ1) is 10.4. The molecule has 0 saturated heterocycles. The maximum absolute atomic E-state index is 11.2. The normalized spacial score (nSPS) is 10.9. The Morgan fingerprint density at radius 1 is 0.955 bits per heavy atom. The van der Waals surface area contributed by atoms with E-state index in [1.807, 2.05) is 30.3 Å². The Labute approximate surface area is 131 Å². The molecule has 0 aliphatic carbocycles. The van der Waals surface area contributed by atoms with Gasteiger partial charge in [-0.2, -0.15) is 0 Å². The van der Waals surface area contributed by atoms with Gasteiger partial charge in [-0.3, -0.25) is 5.32 Å². The molecule has 0 spiro atoms. The summed E-state index contributed by atoms with van der Waals surface area (Å²) < 4.78 is 4.57. The Balaban J connectivity index is 2.17. The molecule has 2 rings (SSSR count). The number of methoxy groups -OCH3 is 1. The molecule has 2 N–H and O–H groups in total. The number of rotatable bonds is 3. The molecule has 0 saturated carbocycles. The van der Waals surface area contributed by atoms with Crippen LogP contribution in [0.3, 0.4) is 0 Å². The molecule has 1 amide bonds. The molecular formula is C18H22N2O2. The number of carbonyl (C=O) groups excluding carboxylic acids is 1. The van der Waals surface area contributed by atoms with Gasteiger partial charge in [-0.05, 0) is 41.3 Å². The van der Waals surface area contributed by atoms with Gasteiger partial charge in [0.1, 0.15) is 0 Å². The summed E-state index contributed by atoms with van der Waals surface area (Å²) in [6, 6.07) is 15.8. The maximum Gasteiger partial charge on any atom is 0.411 e. The van der Waals surface area contributed by atoms with Crippen molar-refractivity contribution in [2.75, 3.05) is 17.7 Å². The minimum atomic E-state index is -0.473. The predicted molar refractivity (Wildman–Crippen MR) is 90.9 cm³/mol. The molecule has 0 heterocycles. The Kier molecular flexibility index (Phi) is 4.71. The summed E-state index contributed by atoms with van der Waals surface area (Å²) in [5.74, 6) is 0. The fraction of sp³-hybridized carbons (Fsp3) is 0.278. The lowest BCUT2D eigenvalue weighted by atomic mass is 9.86. The molecule has 2 aromatic rings. The van der Waals surface area contributed by atoms with Gasteiger partial charge in [0.2, 0.25) is 0 Å². The largest absolute Gasteiger partial charge is 0.453 e. The van der Waals surface area contributed by atoms with Crippen LogP contribution in [0.2, 0.25) is 0 Å². The van der Waals surface area contributed by atoms with E-state index in [1.54, 1.807) is 0 Å². The number of carbonyl (C=O) groups is 1. The topological polar surface area (TPSA) is 50.4 Å². The second-order valence-electron chi connectivity index (χ2n) is 6.11. The third-order valence-electron chi connectivity index (χ3n) is 3.33. The number of ether oxygens (including phenoxy) is 1. The van der Waals surface area contributed by atoms with Crippen LogP contribution in [0.4, 0.5) is 21.9 Å². The van der Waals surface area contributed by atoms with E-state index in [4.69, 9.17) is 0 Å². The average Bonchev–Trinajstić information content (AvgIpc) is 2.48. The fourth-order valence-corrected chi connectivity index (χ4v) is 2.21. The van der Waals surface area contributed by atoms with Crippen molar-refractivity contribution in [1.82, 2.24) is 0 Å². The molecule has 2 aromatic carbocycles. The molecule has 22 heavy (non-hydrogen) atoms. The number of hydrogen-bond donors (Lipinski definition) is 2. The zero-order chi connectivity index (χ0) is 16.2. The first-order valence-corrected chi connectivity index (χ1v) is 7.22. The van der Waals surface area contributed by atoms with E-state index >= 15 is 0 Å². The molecule has 0 aromatic heterocycles. The van der Waals surface area contributed by atoms with Crippen LogP contribution in [0.15, 0.2) is 48.5 Å². The summed E-state index contributed by atoms with van der Waals surface area (Å²) in [6.45, 7) is 6.57. The molecule has 4 heteroatoms. The molecule has 0 aliphatic heterocycles. The van der Waals surface area contributed by atoms with Gasteiger partial charge in [0, 0.05) is 17.1 Å². The molecular weight excluding hydrogens is 276 g/mol. The van der Waals surface area contributed by atoms with Crippen molar-refractivity contribution in [3.05, 3.63) is 54.1 Å². The molecule has 0 fully saturated rings. The summed E-state index contributed by atoms with van der Waals surface area (Å²) in [7, 11) is 1.34. The number of benzene rings is 2. The van der Waals surface area contributed by atoms with Crippen molar-refractivity contribution >= 4 is 23.2 Å². The predicted octanol–water partition coefficient (Wildman–Crippen LogP) is 4.91. The van der Waals surface area contributed by atoms with Gasteiger partial charge in [0.15, 0.2) is 0 Å². The van der Waals surface area contributed by atoms with E-state index in [-0.39, 0.29) is 5.41 Å². The molecule has 0 atom stereocenters. The van der Waals surface area contributed by atoms with Crippen LogP contribution < -0.4 is 10.6 Å². The van der Waals surface area contributed by atoms with Crippen LogP contribution in [-0.2, 0) is 10.2 Å². The van der Waals surface area contributed by atoms with E-state index in [2.05, 4.69) is 54.3 Å². The second kappa shape index (κ2) is 6.52. The van der Waals surface area contributed by atoms with Gasteiger partial charge in [-0.1, -0.05) is 39.0 Å². The number of hydrogen-bond acceptors (Lipinski definition) is 3. The van der Waals surface area contributed by atoms with Crippen LogP contribution >= 0.6 is 0 Å². The second-order valence-corrected chi connectivity index (χ2v) is 6.11. The third kappa shape index (κ3) is 4.01. The molecule has 0 bridgehead atoms. The minimum Gasteiger partial charge on any atom is -0.453 e. The smallest absolute Gasteiger partial charge is 0.411 e. The number of para-hydroxylation sites is 1. The lowest BCUT2D eigenvalue weighted by molar-refractivity contribution is 0.187. The number of nitrogens with one attached hydrogen (secondary N) is 2. The number of anilines is 3. The summed E-state index contributed by atoms with van der Waals surface area (Å²) in [6.07, 6.45) is -0.473. The van der Waals surface area contributed by atoms with Crippen LogP contribution in [0.25, 0.3) is 0 Å². The van der Waals surface area contributed by atoms with Gasteiger partial charge in [0.25, 0.3) is 0 Å². The fourth-order valence-electron chi connectivity index (χ4n) is 2.21. The highest BCUT2D eigenvalue weighted by Crippen LogP contribution is 2.31. The van der Waals surface area contributed by atoms with Gasteiger partial charge in [-0.25, -0.2) is 4.79 Å². The Bertz CT molecular complexity index is 643. The van der Waals surface area contributed by atoms with Gasteiger partial charge >= 0.3 is 6.09 Å². The van der Waals surface area contributed by atoms with Crippen LogP contribution in [-0.4, -0.2) is 13.2 Å². The summed E-state index contributed by atoms with van der Waals surface area (Å²) >= 11 is 0. The zero-order valence-electron chi connectivity index (χ0n) is 13.4. The van der Waals surface area contributed by atoms with Crippen LogP contribution in [0.5, 0.6) is 0 Å². The summed E-state index contributed by atoms with van der Waals surface area (Å²) in [5.41, 5.74) is 4.07. The standard InChI is InChI=1S/C18H22N2O2/c1-18(2,3)15-7-5-6-8-16(15)19-13-9-11-14(12-10-13)20-17(21)22-4/h5-12,19H,1-4H3,(H,20,21). The third-order valence-corrected chi connectivity index (χ3v) is 3.33. The molecule has 0 aliphatic rings. The van der Waals surface area contributed by atoms with Crippen LogP contribution in [0, 0.1) is 0 Å². The van der Waals surface area contributed by atoms with Crippen molar-refractivity contribution in [3.63, 3.8) is 0 Å². The van der Waals surface area contributed by atoms with Crippen LogP contribution in [0.1, 0.15) is 26.3 Å². The Hall–Kier alpha value is -2.49. The van der Waals surface area contributed by atoms with Gasteiger partial charge in [-0.15, -0.1) is 0 Å². The molecule has 116 valence electrons. The maximum atomic E-state index is 11.2. The van der Waals surface area contributed by atoms with E-state index in [0.29, 0.717) is 5.69 Å².